The molecule has 5 N–H and O–H groups in total. The normalized spacial score (nSPS) is 11.9. The fraction of sp³-hybridized carbons (Fsp3) is 0.188. The Bertz CT molecular complexity index is 638. The number of aryl methyl sites for hydroxylation is 1. The summed E-state index contributed by atoms with van der Waals surface area (Å²) in [6.45, 7) is 1.88. The summed E-state index contributed by atoms with van der Waals surface area (Å²) < 4.78 is 0. The molecule has 1 unspecified atom stereocenters. The minimum absolute atomic E-state index is 0.0517. The molecule has 21 heavy (non-hydrogen) atoms. The number of rotatable bonds is 4. The number of benzene rings is 2. The summed E-state index contributed by atoms with van der Waals surface area (Å²) in [6, 6.07) is 11.6. The molecule has 0 spiro atoms. The zero-order chi connectivity index (χ0) is 15.4. The van der Waals surface area contributed by atoms with E-state index in [0.29, 0.717) is 11.3 Å². The number of anilines is 1. The third-order valence-corrected chi connectivity index (χ3v) is 3.18. The van der Waals surface area contributed by atoms with Gasteiger partial charge in [0.05, 0.1) is 11.7 Å². The average molecular weight is 286 g/mol. The number of nitrogen functional groups attached to an aromatic ring is 1. The van der Waals surface area contributed by atoms with E-state index in [1.807, 2.05) is 6.92 Å². The van der Waals surface area contributed by atoms with E-state index in [-0.39, 0.29) is 17.9 Å². The molecule has 0 bridgehead atoms. The maximum Gasteiger partial charge on any atom is 0.255 e. The van der Waals surface area contributed by atoms with Crippen molar-refractivity contribution in [2.75, 3.05) is 12.3 Å². The van der Waals surface area contributed by atoms with Crippen LogP contribution in [0.2, 0.25) is 0 Å². The summed E-state index contributed by atoms with van der Waals surface area (Å²) in [5, 5.41) is 22.3. The zero-order valence-corrected chi connectivity index (χ0v) is 11.7. The molecule has 5 heteroatoms. The molecular weight excluding hydrogens is 268 g/mol. The lowest BCUT2D eigenvalue weighted by molar-refractivity contribution is 0.0913. The summed E-state index contributed by atoms with van der Waals surface area (Å²) in [7, 11) is 0. The van der Waals surface area contributed by atoms with Crippen molar-refractivity contribution in [3.63, 3.8) is 0 Å². The molecule has 0 radical (unpaired) electrons. The number of aliphatic hydroxyl groups excluding tert-OH is 1. The molecule has 2 aromatic carbocycles. The lowest BCUT2D eigenvalue weighted by Gasteiger charge is -2.13. The maximum atomic E-state index is 12.0. The summed E-state index contributed by atoms with van der Waals surface area (Å²) >= 11 is 0. The van der Waals surface area contributed by atoms with Crippen molar-refractivity contribution in [2.24, 2.45) is 0 Å². The van der Waals surface area contributed by atoms with Crippen LogP contribution in [-0.4, -0.2) is 22.7 Å². The van der Waals surface area contributed by atoms with Gasteiger partial charge in [-0.15, -0.1) is 0 Å². The molecule has 2 rings (SSSR count). The van der Waals surface area contributed by atoms with E-state index in [4.69, 9.17) is 5.73 Å². The van der Waals surface area contributed by atoms with Gasteiger partial charge in [0, 0.05) is 12.2 Å². The molecule has 110 valence electrons. The second kappa shape index (κ2) is 6.28. The van der Waals surface area contributed by atoms with Crippen LogP contribution < -0.4 is 11.1 Å². The molecule has 0 aliphatic carbocycles. The summed E-state index contributed by atoms with van der Waals surface area (Å²) in [5.41, 5.74) is 7.90. The van der Waals surface area contributed by atoms with Crippen LogP contribution >= 0.6 is 0 Å². The number of amides is 1. The molecule has 2 aromatic rings. The van der Waals surface area contributed by atoms with Gasteiger partial charge in [-0.25, -0.2) is 0 Å². The van der Waals surface area contributed by atoms with E-state index < -0.39 is 12.0 Å². The van der Waals surface area contributed by atoms with E-state index in [1.165, 1.54) is 6.07 Å². The number of carbonyl (C=O) groups excluding carboxylic acids is 1. The van der Waals surface area contributed by atoms with Crippen LogP contribution in [0.15, 0.2) is 42.5 Å². The van der Waals surface area contributed by atoms with Crippen LogP contribution in [0.4, 0.5) is 5.69 Å². The predicted octanol–water partition coefficient (Wildman–Crippen LogP) is 1.75. The third kappa shape index (κ3) is 3.73. The molecule has 0 saturated carbocycles. The van der Waals surface area contributed by atoms with Gasteiger partial charge >= 0.3 is 0 Å². The highest BCUT2D eigenvalue weighted by atomic mass is 16.3. The minimum atomic E-state index is -0.831. The molecule has 0 aliphatic heterocycles. The van der Waals surface area contributed by atoms with E-state index in [1.54, 1.807) is 36.4 Å². The Labute approximate surface area is 123 Å². The van der Waals surface area contributed by atoms with Gasteiger partial charge in [-0.05, 0) is 42.3 Å². The first-order valence-corrected chi connectivity index (χ1v) is 6.58. The molecule has 1 atom stereocenters. The summed E-state index contributed by atoms with van der Waals surface area (Å²) in [6.07, 6.45) is -0.831. The highest BCUT2D eigenvalue weighted by Crippen LogP contribution is 2.19. The molecule has 0 heterocycles. The fourth-order valence-corrected chi connectivity index (χ4v) is 1.95. The fourth-order valence-electron chi connectivity index (χ4n) is 1.95. The smallest absolute Gasteiger partial charge is 0.255 e. The lowest BCUT2D eigenvalue weighted by Crippen LogP contribution is -2.28. The first kappa shape index (κ1) is 14.9. The van der Waals surface area contributed by atoms with Gasteiger partial charge in [-0.2, -0.15) is 0 Å². The Morgan fingerprint density at radius 2 is 1.90 bits per heavy atom. The number of aromatic hydroxyl groups is 1. The number of nitrogens with one attached hydrogen (secondary N) is 1. The van der Waals surface area contributed by atoms with E-state index >= 15 is 0 Å². The van der Waals surface area contributed by atoms with Crippen molar-refractivity contribution in [1.29, 1.82) is 0 Å². The Morgan fingerprint density at radius 3 is 2.52 bits per heavy atom. The van der Waals surface area contributed by atoms with Crippen LogP contribution in [0.1, 0.15) is 27.6 Å². The molecule has 1 amide bonds. The van der Waals surface area contributed by atoms with Gasteiger partial charge in [0.25, 0.3) is 5.91 Å². The Kier molecular flexibility index (Phi) is 4.45. The van der Waals surface area contributed by atoms with Gasteiger partial charge in [-0.1, -0.05) is 18.2 Å². The quantitative estimate of drug-likeness (QED) is 0.644. The highest BCUT2D eigenvalue weighted by Gasteiger charge is 2.13. The van der Waals surface area contributed by atoms with Gasteiger partial charge in [0.2, 0.25) is 0 Å². The largest absolute Gasteiger partial charge is 0.507 e. The van der Waals surface area contributed by atoms with Crippen molar-refractivity contribution in [1.82, 2.24) is 5.32 Å². The van der Waals surface area contributed by atoms with E-state index in [2.05, 4.69) is 5.32 Å². The molecule has 0 aromatic heterocycles. The third-order valence-electron chi connectivity index (χ3n) is 3.18. The number of nitrogens with two attached hydrogens (primary N) is 1. The summed E-state index contributed by atoms with van der Waals surface area (Å²) in [5.74, 6) is -0.503. The SMILES string of the molecule is Cc1ccc(C(=O)NCC(O)c2ccc(N)cc2)c(O)c1. The average Bonchev–Trinajstić information content (AvgIpc) is 2.45. The van der Waals surface area contributed by atoms with Crippen LogP contribution in [-0.2, 0) is 0 Å². The van der Waals surface area contributed by atoms with Crippen LogP contribution in [0.3, 0.4) is 0 Å². The van der Waals surface area contributed by atoms with Gasteiger partial charge in [0.1, 0.15) is 5.75 Å². The second-order valence-corrected chi connectivity index (χ2v) is 4.91. The van der Waals surface area contributed by atoms with Gasteiger partial charge in [0.15, 0.2) is 0 Å². The van der Waals surface area contributed by atoms with Crippen LogP contribution in [0, 0.1) is 6.92 Å². The standard InChI is InChI=1S/C16H18N2O3/c1-10-2-7-13(14(19)8-10)16(21)18-9-15(20)11-3-5-12(17)6-4-11/h2-8,15,19-20H,9,17H2,1H3,(H,18,21). The summed E-state index contributed by atoms with van der Waals surface area (Å²) in [4.78, 5) is 12.0. The number of aliphatic hydroxyl groups is 1. The van der Waals surface area contributed by atoms with Crippen molar-refractivity contribution < 1.29 is 15.0 Å². The highest BCUT2D eigenvalue weighted by molar-refractivity contribution is 5.96. The first-order chi connectivity index (χ1) is 9.97. The predicted molar refractivity (Wildman–Crippen MR) is 81.0 cm³/mol. The Morgan fingerprint density at radius 1 is 1.24 bits per heavy atom. The number of phenolic OH excluding ortho intramolecular Hbond substituents is 1. The van der Waals surface area contributed by atoms with E-state index in [9.17, 15) is 15.0 Å². The second-order valence-electron chi connectivity index (χ2n) is 4.91. The number of carbonyl (C=O) groups is 1. The van der Waals surface area contributed by atoms with E-state index in [0.717, 1.165) is 5.56 Å². The lowest BCUT2D eigenvalue weighted by atomic mass is 10.1. The zero-order valence-electron chi connectivity index (χ0n) is 11.7. The Balaban J connectivity index is 1.99. The monoisotopic (exact) mass is 286 g/mol. The molecule has 5 nitrogen and oxygen atoms in total. The number of phenols is 1. The molecule has 0 saturated heterocycles. The van der Waals surface area contributed by atoms with Crippen molar-refractivity contribution in [3.8, 4) is 5.75 Å². The number of hydrogen-bond acceptors (Lipinski definition) is 4. The minimum Gasteiger partial charge on any atom is -0.507 e. The maximum absolute atomic E-state index is 12.0. The van der Waals surface area contributed by atoms with Gasteiger partial charge < -0.3 is 21.3 Å². The van der Waals surface area contributed by atoms with Crippen molar-refractivity contribution in [2.45, 2.75) is 13.0 Å². The molecule has 0 aliphatic rings. The molecule has 0 fully saturated rings. The molecular formula is C16H18N2O3. The number of hydrogen-bond donors (Lipinski definition) is 4. The van der Waals surface area contributed by atoms with Crippen molar-refractivity contribution in [3.05, 3.63) is 59.2 Å². The topological polar surface area (TPSA) is 95.6 Å². The van der Waals surface area contributed by atoms with Crippen LogP contribution in [0.5, 0.6) is 5.75 Å². The van der Waals surface area contributed by atoms with Crippen LogP contribution in [0.25, 0.3) is 0 Å². The first-order valence-electron chi connectivity index (χ1n) is 6.58. The Hall–Kier alpha value is -2.53. The van der Waals surface area contributed by atoms with Crippen molar-refractivity contribution >= 4 is 11.6 Å². The van der Waals surface area contributed by atoms with Gasteiger partial charge in [-0.3, -0.25) is 4.79 Å².